The van der Waals surface area contributed by atoms with Gasteiger partial charge < -0.3 is 0 Å². The smallest absolute Gasteiger partial charge is 0.259 e. The molecule has 6 nitrogen and oxygen atoms in total. The van der Waals surface area contributed by atoms with Gasteiger partial charge in [0.15, 0.2) is 5.16 Å². The summed E-state index contributed by atoms with van der Waals surface area (Å²) in [5, 5.41) is 10.5. The fourth-order valence-electron chi connectivity index (χ4n) is 1.10. The summed E-state index contributed by atoms with van der Waals surface area (Å²) in [6, 6.07) is 3.36. The number of thiol groups is 1. The van der Waals surface area contributed by atoms with Gasteiger partial charge in [0.1, 0.15) is 0 Å². The minimum Gasteiger partial charge on any atom is -0.291 e. The molecule has 0 fully saturated rings. The van der Waals surface area contributed by atoms with Gasteiger partial charge in [-0.1, -0.05) is 0 Å². The highest BCUT2D eigenvalue weighted by atomic mass is 32.1. The van der Waals surface area contributed by atoms with Crippen LogP contribution in [0.3, 0.4) is 0 Å². The number of carbonyl (C=O) groups is 1. The Kier molecular flexibility index (Phi) is 2.86. The van der Waals surface area contributed by atoms with Gasteiger partial charge in [0.25, 0.3) is 5.91 Å². The topological polar surface area (TPSA) is 72.7 Å². The number of anilines is 1. The van der Waals surface area contributed by atoms with Gasteiger partial charge in [0.05, 0.1) is 5.56 Å². The Hall–Kier alpha value is -1.89. The summed E-state index contributed by atoms with van der Waals surface area (Å²) >= 11 is 4.05. The monoisotopic (exact) mass is 235 g/mol. The van der Waals surface area contributed by atoms with Gasteiger partial charge in [0.2, 0.25) is 5.95 Å². The van der Waals surface area contributed by atoms with Crippen LogP contribution in [0.2, 0.25) is 0 Å². The maximum Gasteiger partial charge on any atom is 0.259 e. The van der Waals surface area contributed by atoms with E-state index in [9.17, 15) is 4.79 Å². The minimum absolute atomic E-state index is 0.281. The molecule has 7 heteroatoms. The van der Waals surface area contributed by atoms with E-state index in [2.05, 4.69) is 33.1 Å². The van der Waals surface area contributed by atoms with Crippen LogP contribution < -0.4 is 5.32 Å². The highest BCUT2D eigenvalue weighted by molar-refractivity contribution is 7.80. The quantitative estimate of drug-likeness (QED) is 0.753. The van der Waals surface area contributed by atoms with Crippen molar-refractivity contribution in [2.24, 2.45) is 7.05 Å². The van der Waals surface area contributed by atoms with E-state index in [0.717, 1.165) is 0 Å². The van der Waals surface area contributed by atoms with E-state index in [1.54, 1.807) is 29.9 Å². The molecule has 0 unspecified atom stereocenters. The lowest BCUT2D eigenvalue weighted by atomic mass is 10.3. The van der Waals surface area contributed by atoms with Crippen molar-refractivity contribution in [2.75, 3.05) is 5.32 Å². The highest BCUT2D eigenvalue weighted by Gasteiger charge is 2.10. The van der Waals surface area contributed by atoms with Crippen LogP contribution in [0.1, 0.15) is 10.4 Å². The van der Waals surface area contributed by atoms with E-state index < -0.39 is 0 Å². The number of pyridine rings is 1. The van der Waals surface area contributed by atoms with E-state index >= 15 is 0 Å². The largest absolute Gasteiger partial charge is 0.291 e. The molecule has 1 amide bonds. The van der Waals surface area contributed by atoms with Gasteiger partial charge in [-0.3, -0.25) is 19.7 Å². The van der Waals surface area contributed by atoms with Crippen LogP contribution in [0.5, 0.6) is 0 Å². The first kappa shape index (κ1) is 10.6. The van der Waals surface area contributed by atoms with Gasteiger partial charge in [-0.25, -0.2) is 0 Å². The molecule has 0 radical (unpaired) electrons. The SMILES string of the molecule is Cn1c(S)nnc1NC(=O)c1cccnc1. The van der Waals surface area contributed by atoms with Crippen molar-refractivity contribution in [1.29, 1.82) is 0 Å². The molecule has 0 spiro atoms. The third-order valence-corrected chi connectivity index (χ3v) is 2.39. The molecule has 82 valence electrons. The number of aromatic nitrogens is 4. The zero-order valence-electron chi connectivity index (χ0n) is 8.45. The zero-order chi connectivity index (χ0) is 11.5. The summed E-state index contributed by atoms with van der Waals surface area (Å²) in [4.78, 5) is 15.6. The Morgan fingerprint density at radius 2 is 2.31 bits per heavy atom. The number of hydrogen-bond donors (Lipinski definition) is 2. The van der Waals surface area contributed by atoms with Crippen LogP contribution in [-0.2, 0) is 7.05 Å². The van der Waals surface area contributed by atoms with Crippen molar-refractivity contribution in [3.05, 3.63) is 30.1 Å². The van der Waals surface area contributed by atoms with Crippen molar-refractivity contribution in [3.63, 3.8) is 0 Å². The van der Waals surface area contributed by atoms with Crippen molar-refractivity contribution in [2.45, 2.75) is 5.16 Å². The Balaban J connectivity index is 2.17. The van der Waals surface area contributed by atoms with Gasteiger partial charge in [-0.2, -0.15) is 0 Å². The third-order valence-electron chi connectivity index (χ3n) is 2.00. The van der Waals surface area contributed by atoms with Crippen molar-refractivity contribution < 1.29 is 4.79 Å². The van der Waals surface area contributed by atoms with E-state index in [4.69, 9.17) is 0 Å². The molecule has 2 heterocycles. The van der Waals surface area contributed by atoms with Crippen LogP contribution in [0.25, 0.3) is 0 Å². The molecule has 0 aromatic carbocycles. The molecule has 2 rings (SSSR count). The van der Waals surface area contributed by atoms with Crippen LogP contribution in [0.4, 0.5) is 5.95 Å². The lowest BCUT2D eigenvalue weighted by Gasteiger charge is -2.03. The predicted octanol–water partition coefficient (Wildman–Crippen LogP) is 0.751. The van der Waals surface area contributed by atoms with E-state index in [-0.39, 0.29) is 5.91 Å². The molecule has 2 aromatic heterocycles. The number of nitrogens with zero attached hydrogens (tertiary/aromatic N) is 4. The number of carbonyl (C=O) groups excluding carboxylic acids is 1. The lowest BCUT2D eigenvalue weighted by molar-refractivity contribution is 0.102. The van der Waals surface area contributed by atoms with Crippen molar-refractivity contribution >= 4 is 24.5 Å². The molecule has 1 N–H and O–H groups in total. The molecule has 0 saturated carbocycles. The second-order valence-electron chi connectivity index (χ2n) is 3.08. The van der Waals surface area contributed by atoms with E-state index in [0.29, 0.717) is 16.7 Å². The molecule has 0 aliphatic rings. The fraction of sp³-hybridized carbons (Fsp3) is 0.111. The van der Waals surface area contributed by atoms with E-state index in [1.807, 2.05) is 0 Å². The van der Waals surface area contributed by atoms with Crippen molar-refractivity contribution in [1.82, 2.24) is 19.7 Å². The third kappa shape index (κ3) is 2.03. The maximum atomic E-state index is 11.7. The summed E-state index contributed by atoms with van der Waals surface area (Å²) < 4.78 is 1.57. The average Bonchev–Trinajstić information content (AvgIpc) is 2.62. The molecule has 0 bridgehead atoms. The second kappa shape index (κ2) is 4.31. The standard InChI is InChI=1S/C9H9N5OS/c1-14-8(12-13-9(14)16)11-7(15)6-3-2-4-10-5-6/h2-5H,1H3,(H,13,16)(H,11,12,15). The molecule has 0 aliphatic heterocycles. The first-order chi connectivity index (χ1) is 7.68. The maximum absolute atomic E-state index is 11.7. The highest BCUT2D eigenvalue weighted by Crippen LogP contribution is 2.09. The first-order valence-corrected chi connectivity index (χ1v) is 4.93. The molecule has 16 heavy (non-hydrogen) atoms. The fourth-order valence-corrected chi connectivity index (χ4v) is 1.24. The van der Waals surface area contributed by atoms with Crippen LogP contribution in [0, 0.1) is 0 Å². The van der Waals surface area contributed by atoms with Gasteiger partial charge in [0, 0.05) is 19.4 Å². The Morgan fingerprint density at radius 3 is 2.88 bits per heavy atom. The number of nitrogens with one attached hydrogen (secondary N) is 1. The van der Waals surface area contributed by atoms with Gasteiger partial charge >= 0.3 is 0 Å². The average molecular weight is 235 g/mol. The zero-order valence-corrected chi connectivity index (χ0v) is 9.35. The number of hydrogen-bond acceptors (Lipinski definition) is 5. The van der Waals surface area contributed by atoms with Crippen LogP contribution in [0.15, 0.2) is 29.7 Å². The second-order valence-corrected chi connectivity index (χ2v) is 3.48. The van der Waals surface area contributed by atoms with Crippen LogP contribution in [-0.4, -0.2) is 25.7 Å². The molecule has 0 aliphatic carbocycles. The van der Waals surface area contributed by atoms with Crippen molar-refractivity contribution in [3.8, 4) is 0 Å². The molecule has 0 saturated heterocycles. The Bertz CT molecular complexity index is 510. The van der Waals surface area contributed by atoms with Gasteiger partial charge in [-0.15, -0.1) is 22.8 Å². The molecule has 2 aromatic rings. The van der Waals surface area contributed by atoms with E-state index in [1.165, 1.54) is 6.20 Å². The predicted molar refractivity (Wildman–Crippen MR) is 60.4 cm³/mol. The molecular formula is C9H9N5OS. The molecular weight excluding hydrogens is 226 g/mol. The molecule has 0 atom stereocenters. The normalized spacial score (nSPS) is 10.1. The summed E-state index contributed by atoms with van der Waals surface area (Å²) in [5.74, 6) is 0.0655. The number of amides is 1. The Labute approximate surface area is 97.1 Å². The first-order valence-electron chi connectivity index (χ1n) is 4.48. The summed E-state index contributed by atoms with van der Waals surface area (Å²) in [5.41, 5.74) is 0.464. The lowest BCUT2D eigenvalue weighted by Crippen LogP contribution is -2.15. The van der Waals surface area contributed by atoms with Crippen LogP contribution >= 0.6 is 12.6 Å². The summed E-state index contributed by atoms with van der Waals surface area (Å²) in [7, 11) is 1.71. The number of rotatable bonds is 2. The van der Waals surface area contributed by atoms with Gasteiger partial charge in [-0.05, 0) is 12.1 Å². The minimum atomic E-state index is -0.281. The summed E-state index contributed by atoms with van der Waals surface area (Å²) in [6.45, 7) is 0. The summed E-state index contributed by atoms with van der Waals surface area (Å²) in [6.07, 6.45) is 3.08. The Morgan fingerprint density at radius 1 is 1.50 bits per heavy atom.